The molecule has 6 nitrogen and oxygen atoms in total. The van der Waals surface area contributed by atoms with Gasteiger partial charge in [-0.25, -0.2) is 0 Å². The number of phenols is 1. The molecule has 2 heterocycles. The van der Waals surface area contributed by atoms with Crippen LogP contribution in [0.3, 0.4) is 0 Å². The van der Waals surface area contributed by atoms with Crippen LogP contribution < -0.4 is 0 Å². The van der Waals surface area contributed by atoms with E-state index in [0.29, 0.717) is 37.0 Å². The minimum Gasteiger partial charge on any atom is -0.508 e. The molecule has 1 N–H and O–H groups in total. The van der Waals surface area contributed by atoms with Gasteiger partial charge in [0, 0.05) is 56.8 Å². The molecule has 0 saturated carbocycles. The van der Waals surface area contributed by atoms with E-state index in [0.717, 1.165) is 38.2 Å². The largest absolute Gasteiger partial charge is 0.508 e. The molecule has 2 amide bonds. The molecule has 0 spiro atoms. The molecule has 1 unspecified atom stereocenters. The van der Waals surface area contributed by atoms with E-state index in [1.807, 2.05) is 9.80 Å². The minimum absolute atomic E-state index is 0.00299. The number of aryl methyl sites for hydroxylation is 1. The number of halogens is 1. The molecule has 1 aromatic rings. The van der Waals surface area contributed by atoms with Gasteiger partial charge < -0.3 is 14.9 Å². The van der Waals surface area contributed by atoms with E-state index < -0.39 is 0 Å². The number of phenolic OH excluding ortho intramolecular Hbond substituents is 1. The van der Waals surface area contributed by atoms with Gasteiger partial charge in [-0.1, -0.05) is 24.2 Å². The number of nitrogens with zero attached hydrogens (tertiary/aromatic N) is 3. The molecule has 0 aromatic heterocycles. The highest BCUT2D eigenvalue weighted by atomic mass is 35.5. The maximum Gasteiger partial charge on any atom is 0.246 e. The number of carbonyl (C=O) groups is 2. The van der Waals surface area contributed by atoms with Crippen LogP contribution in [0.2, 0.25) is 5.02 Å². The molecule has 0 bridgehead atoms. The predicted octanol–water partition coefficient (Wildman–Crippen LogP) is 1.91. The van der Waals surface area contributed by atoms with E-state index in [1.165, 1.54) is 12.1 Å². The third-order valence-corrected chi connectivity index (χ3v) is 5.72. The van der Waals surface area contributed by atoms with Crippen LogP contribution in [-0.2, 0) is 16.0 Å². The highest BCUT2D eigenvalue weighted by Gasteiger charge is 2.32. The van der Waals surface area contributed by atoms with E-state index in [9.17, 15) is 14.7 Å². The molecule has 7 heteroatoms. The van der Waals surface area contributed by atoms with Gasteiger partial charge in [0.2, 0.25) is 11.8 Å². The van der Waals surface area contributed by atoms with E-state index in [1.54, 1.807) is 12.1 Å². The highest BCUT2D eigenvalue weighted by molar-refractivity contribution is 6.30. The zero-order valence-electron chi connectivity index (χ0n) is 15.4. The molecule has 2 saturated heterocycles. The molecule has 2 fully saturated rings. The van der Waals surface area contributed by atoms with Crippen LogP contribution in [0.4, 0.5) is 0 Å². The summed E-state index contributed by atoms with van der Waals surface area (Å²) in [5.74, 6) is 0.246. The molecule has 146 valence electrons. The number of amides is 2. The van der Waals surface area contributed by atoms with Gasteiger partial charge in [-0.3, -0.25) is 14.5 Å². The molecular formula is C20H26ClN3O3. The van der Waals surface area contributed by atoms with Crippen molar-refractivity contribution in [2.24, 2.45) is 0 Å². The van der Waals surface area contributed by atoms with Gasteiger partial charge in [-0.15, -0.1) is 0 Å². The molecule has 2 aliphatic rings. The fourth-order valence-corrected chi connectivity index (χ4v) is 4.02. The summed E-state index contributed by atoms with van der Waals surface area (Å²) in [5, 5.41) is 10.4. The maximum absolute atomic E-state index is 12.5. The standard InChI is InChI=1S/C20H26ClN3O3/c1-2-19(26)24-8-7-17(14-24)22-9-11-23(12-10-22)20(27)6-4-15-3-5-16(21)13-18(15)25/h2-3,5,13,17,25H,1,4,6-12,14H2. The zero-order valence-corrected chi connectivity index (χ0v) is 16.2. The lowest BCUT2D eigenvalue weighted by molar-refractivity contribution is -0.133. The molecule has 1 atom stereocenters. The van der Waals surface area contributed by atoms with Crippen LogP contribution in [0, 0.1) is 0 Å². The van der Waals surface area contributed by atoms with Crippen molar-refractivity contribution < 1.29 is 14.7 Å². The Bertz CT molecular complexity index is 716. The molecule has 27 heavy (non-hydrogen) atoms. The first-order valence-electron chi connectivity index (χ1n) is 9.38. The van der Waals surface area contributed by atoms with Crippen LogP contribution in [0.1, 0.15) is 18.4 Å². The Morgan fingerprint density at radius 3 is 2.59 bits per heavy atom. The number of hydrogen-bond acceptors (Lipinski definition) is 4. The van der Waals surface area contributed by atoms with Gasteiger partial charge in [0.05, 0.1) is 0 Å². The third-order valence-electron chi connectivity index (χ3n) is 5.49. The van der Waals surface area contributed by atoms with E-state index in [-0.39, 0.29) is 17.6 Å². The number of rotatable bonds is 5. The van der Waals surface area contributed by atoms with Gasteiger partial charge >= 0.3 is 0 Å². The second kappa shape index (κ2) is 8.76. The number of aromatic hydroxyl groups is 1. The van der Waals surface area contributed by atoms with Gasteiger partial charge in [0.25, 0.3) is 0 Å². The van der Waals surface area contributed by atoms with Gasteiger partial charge in [0.1, 0.15) is 5.75 Å². The van der Waals surface area contributed by atoms with Crippen molar-refractivity contribution in [3.05, 3.63) is 41.4 Å². The van der Waals surface area contributed by atoms with Crippen molar-refractivity contribution in [2.75, 3.05) is 39.3 Å². The van der Waals surface area contributed by atoms with Gasteiger partial charge in [-0.2, -0.15) is 0 Å². The van der Waals surface area contributed by atoms with E-state index in [2.05, 4.69) is 11.5 Å². The molecular weight excluding hydrogens is 366 g/mol. The summed E-state index contributed by atoms with van der Waals surface area (Å²) in [5.41, 5.74) is 0.740. The van der Waals surface area contributed by atoms with Crippen molar-refractivity contribution in [1.29, 1.82) is 0 Å². The summed E-state index contributed by atoms with van der Waals surface area (Å²) in [6.07, 6.45) is 3.23. The fraction of sp³-hybridized carbons (Fsp3) is 0.500. The smallest absolute Gasteiger partial charge is 0.246 e. The topological polar surface area (TPSA) is 64.1 Å². The number of piperazine rings is 1. The summed E-state index contributed by atoms with van der Waals surface area (Å²) < 4.78 is 0. The lowest BCUT2D eigenvalue weighted by atomic mass is 10.1. The molecule has 3 rings (SSSR count). The van der Waals surface area contributed by atoms with Gasteiger partial charge in [0.15, 0.2) is 0 Å². The van der Waals surface area contributed by atoms with Crippen LogP contribution >= 0.6 is 11.6 Å². The number of benzene rings is 1. The first-order valence-corrected chi connectivity index (χ1v) is 9.76. The summed E-state index contributed by atoms with van der Waals surface area (Å²) in [7, 11) is 0. The quantitative estimate of drug-likeness (QED) is 0.779. The maximum atomic E-state index is 12.5. The second-order valence-corrected chi connectivity index (χ2v) is 7.56. The third kappa shape index (κ3) is 4.82. The molecule has 2 aliphatic heterocycles. The van der Waals surface area contributed by atoms with Crippen molar-refractivity contribution in [3.63, 3.8) is 0 Å². The fourth-order valence-electron chi connectivity index (χ4n) is 3.85. The van der Waals surface area contributed by atoms with E-state index in [4.69, 9.17) is 11.6 Å². The Morgan fingerprint density at radius 1 is 1.19 bits per heavy atom. The normalized spacial score (nSPS) is 20.7. The summed E-state index contributed by atoms with van der Waals surface area (Å²) >= 11 is 5.84. The monoisotopic (exact) mass is 391 g/mol. The highest BCUT2D eigenvalue weighted by Crippen LogP contribution is 2.23. The molecule has 1 aromatic carbocycles. The Balaban J connectivity index is 1.44. The van der Waals surface area contributed by atoms with Crippen LogP contribution in [0.25, 0.3) is 0 Å². The predicted molar refractivity (Wildman–Crippen MR) is 105 cm³/mol. The summed E-state index contributed by atoms with van der Waals surface area (Å²) in [6.45, 7) is 8.15. The number of carbonyl (C=O) groups excluding carboxylic acids is 2. The average Bonchev–Trinajstić information content (AvgIpc) is 3.17. The van der Waals surface area contributed by atoms with Crippen molar-refractivity contribution in [1.82, 2.24) is 14.7 Å². The average molecular weight is 392 g/mol. The number of likely N-dealkylation sites (tertiary alicyclic amines) is 1. The first-order chi connectivity index (χ1) is 13.0. The van der Waals surface area contributed by atoms with Crippen molar-refractivity contribution >= 4 is 23.4 Å². The Kier molecular flexibility index (Phi) is 6.39. The summed E-state index contributed by atoms with van der Waals surface area (Å²) in [4.78, 5) is 30.3. The van der Waals surface area contributed by atoms with Gasteiger partial charge in [-0.05, 0) is 36.6 Å². The number of hydrogen-bond donors (Lipinski definition) is 1. The van der Waals surface area contributed by atoms with Crippen LogP contribution in [0.5, 0.6) is 5.75 Å². The Hall–Kier alpha value is -2.05. The first kappa shape index (κ1) is 19.7. The van der Waals surface area contributed by atoms with E-state index >= 15 is 0 Å². The molecule has 0 radical (unpaired) electrons. The van der Waals surface area contributed by atoms with Crippen molar-refractivity contribution in [3.8, 4) is 5.75 Å². The SMILES string of the molecule is C=CC(=O)N1CCC(N2CCN(C(=O)CCc3ccc(Cl)cc3O)CC2)C1. The Morgan fingerprint density at radius 2 is 1.93 bits per heavy atom. The Labute approximate surface area is 165 Å². The molecule has 0 aliphatic carbocycles. The zero-order chi connectivity index (χ0) is 19.4. The van der Waals surface area contributed by atoms with Crippen LogP contribution in [0.15, 0.2) is 30.9 Å². The summed E-state index contributed by atoms with van der Waals surface area (Å²) in [6, 6.07) is 5.36. The minimum atomic E-state index is -0.00299. The second-order valence-electron chi connectivity index (χ2n) is 7.12. The van der Waals surface area contributed by atoms with Crippen molar-refractivity contribution in [2.45, 2.75) is 25.3 Å². The lowest BCUT2D eigenvalue weighted by Gasteiger charge is -2.38. The van der Waals surface area contributed by atoms with Crippen LogP contribution in [-0.4, -0.2) is 76.9 Å². The lowest BCUT2D eigenvalue weighted by Crippen LogP contribution is -2.52.